The van der Waals surface area contributed by atoms with Crippen LogP contribution in [0.2, 0.25) is 0 Å². The summed E-state index contributed by atoms with van der Waals surface area (Å²) < 4.78 is 13.0. The molecule has 1 rings (SSSR count). The van der Waals surface area contributed by atoms with E-state index in [-0.39, 0.29) is 10.2 Å². The minimum Gasteiger partial charge on any atom is -0.480 e. The van der Waals surface area contributed by atoms with Crippen LogP contribution in [0.15, 0.2) is 16.6 Å². The van der Waals surface area contributed by atoms with Gasteiger partial charge in [0.25, 0.3) is 5.69 Å². The topological polar surface area (TPSA) is 92.5 Å². The molecule has 0 aromatic heterocycles. The number of halogens is 2. The summed E-state index contributed by atoms with van der Waals surface area (Å²) in [5, 5.41) is 21.3. The molecule has 1 aromatic carbocycles. The molecular weight excluding hydrogens is 287 g/mol. The number of nitrogens with one attached hydrogen (secondary N) is 1. The van der Waals surface area contributed by atoms with E-state index in [0.29, 0.717) is 6.07 Å². The zero-order chi connectivity index (χ0) is 12.3. The van der Waals surface area contributed by atoms with Crippen LogP contribution in [-0.2, 0) is 4.79 Å². The number of nitro groups is 1. The van der Waals surface area contributed by atoms with Crippen LogP contribution in [0.1, 0.15) is 0 Å². The number of hydrogen-bond acceptors (Lipinski definition) is 4. The lowest BCUT2D eigenvalue weighted by atomic mass is 10.2. The van der Waals surface area contributed by atoms with E-state index < -0.39 is 28.9 Å². The van der Waals surface area contributed by atoms with Gasteiger partial charge in [-0.1, -0.05) is 0 Å². The Hall–Kier alpha value is -1.70. The highest BCUT2D eigenvalue weighted by molar-refractivity contribution is 9.10. The van der Waals surface area contributed by atoms with Crippen molar-refractivity contribution in [1.82, 2.24) is 0 Å². The largest absolute Gasteiger partial charge is 0.480 e. The molecule has 1 aromatic rings. The van der Waals surface area contributed by atoms with Crippen molar-refractivity contribution in [1.29, 1.82) is 0 Å². The Kier molecular flexibility index (Phi) is 3.78. The van der Waals surface area contributed by atoms with Crippen LogP contribution in [0.3, 0.4) is 0 Å². The van der Waals surface area contributed by atoms with Crippen molar-refractivity contribution in [2.75, 3.05) is 11.9 Å². The predicted octanol–water partition coefficient (Wildman–Crippen LogP) is 1.99. The Bertz CT molecular complexity index is 452. The van der Waals surface area contributed by atoms with E-state index in [2.05, 4.69) is 21.2 Å². The van der Waals surface area contributed by atoms with Gasteiger partial charge in [-0.2, -0.15) is 0 Å². The van der Waals surface area contributed by atoms with Gasteiger partial charge in [-0.25, -0.2) is 4.39 Å². The number of nitrogens with zero attached hydrogens (tertiary/aromatic N) is 1. The zero-order valence-electron chi connectivity index (χ0n) is 7.74. The summed E-state index contributed by atoms with van der Waals surface area (Å²) in [4.78, 5) is 20.1. The fourth-order valence-corrected chi connectivity index (χ4v) is 1.34. The van der Waals surface area contributed by atoms with Gasteiger partial charge >= 0.3 is 5.97 Å². The molecule has 0 fully saturated rings. The summed E-state index contributed by atoms with van der Waals surface area (Å²) in [5.41, 5.74) is -0.567. The van der Waals surface area contributed by atoms with E-state index in [9.17, 15) is 19.3 Å². The van der Waals surface area contributed by atoms with Gasteiger partial charge < -0.3 is 10.4 Å². The first-order valence-electron chi connectivity index (χ1n) is 4.01. The van der Waals surface area contributed by atoms with Gasteiger partial charge in [-0.15, -0.1) is 0 Å². The van der Waals surface area contributed by atoms with E-state index in [4.69, 9.17) is 5.11 Å². The summed E-state index contributed by atoms with van der Waals surface area (Å²) in [7, 11) is 0. The molecule has 8 heteroatoms. The molecule has 0 radical (unpaired) electrons. The van der Waals surface area contributed by atoms with Crippen LogP contribution in [0.25, 0.3) is 0 Å². The number of hydrogen-bond donors (Lipinski definition) is 2. The zero-order valence-corrected chi connectivity index (χ0v) is 9.32. The third-order valence-corrected chi connectivity index (χ3v) is 2.27. The monoisotopic (exact) mass is 292 g/mol. The van der Waals surface area contributed by atoms with Crippen molar-refractivity contribution in [3.8, 4) is 0 Å². The molecule has 2 N–H and O–H groups in total. The first kappa shape index (κ1) is 12.4. The van der Waals surface area contributed by atoms with E-state index in [1.54, 1.807) is 0 Å². The normalized spacial score (nSPS) is 9.88. The van der Waals surface area contributed by atoms with E-state index >= 15 is 0 Å². The molecule has 0 spiro atoms. The Morgan fingerprint density at radius 3 is 2.75 bits per heavy atom. The third kappa shape index (κ3) is 2.89. The summed E-state index contributed by atoms with van der Waals surface area (Å²) in [5.74, 6) is -1.96. The smallest absolute Gasteiger partial charge is 0.322 e. The Labute approximate surface area is 97.4 Å². The van der Waals surface area contributed by atoms with E-state index in [1.807, 2.05) is 0 Å². The third-order valence-electron chi connectivity index (χ3n) is 1.67. The lowest BCUT2D eigenvalue weighted by Crippen LogP contribution is -2.13. The first-order valence-corrected chi connectivity index (χ1v) is 4.80. The number of carbonyl (C=O) groups is 1. The fourth-order valence-electron chi connectivity index (χ4n) is 1.000. The molecule has 0 aliphatic heterocycles. The number of carboxylic acid groups (broad SMARTS) is 1. The molecular formula is C8H6BrFN2O4. The second-order valence-corrected chi connectivity index (χ2v) is 3.64. The van der Waals surface area contributed by atoms with Crippen LogP contribution in [-0.4, -0.2) is 22.5 Å². The second-order valence-electron chi connectivity index (χ2n) is 2.79. The Balaban J connectivity index is 3.09. The molecule has 0 amide bonds. The van der Waals surface area contributed by atoms with Crippen LogP contribution in [0, 0.1) is 15.9 Å². The van der Waals surface area contributed by atoms with Crippen molar-refractivity contribution >= 4 is 33.3 Å². The maximum Gasteiger partial charge on any atom is 0.322 e. The minimum atomic E-state index is -1.17. The standard InChI is InChI=1S/C8H6BrFN2O4/c9-4-1-6(11-3-8(13)14)7(12(15)16)2-5(4)10/h1-2,11H,3H2,(H,13,14). The van der Waals surface area contributed by atoms with Gasteiger partial charge in [-0.05, 0) is 22.0 Å². The Morgan fingerprint density at radius 2 is 2.25 bits per heavy atom. The highest BCUT2D eigenvalue weighted by Gasteiger charge is 2.17. The molecule has 0 unspecified atom stereocenters. The predicted molar refractivity (Wildman–Crippen MR) is 56.9 cm³/mol. The number of carboxylic acids is 1. The summed E-state index contributed by atoms with van der Waals surface area (Å²) >= 11 is 2.85. The SMILES string of the molecule is O=C(O)CNc1cc(Br)c(F)cc1[N+](=O)[O-]. The average Bonchev–Trinajstić information content (AvgIpc) is 2.18. The molecule has 0 heterocycles. The van der Waals surface area contributed by atoms with Gasteiger partial charge in [0.1, 0.15) is 18.0 Å². The minimum absolute atomic E-state index is 0.0194. The molecule has 0 saturated heterocycles. The van der Waals surface area contributed by atoms with E-state index in [0.717, 1.165) is 6.07 Å². The summed E-state index contributed by atoms with van der Waals surface area (Å²) in [6, 6.07) is 1.84. The number of rotatable bonds is 4. The highest BCUT2D eigenvalue weighted by atomic mass is 79.9. The van der Waals surface area contributed by atoms with Gasteiger partial charge in [0.2, 0.25) is 0 Å². The van der Waals surface area contributed by atoms with Crippen LogP contribution in [0.4, 0.5) is 15.8 Å². The molecule has 0 bridgehead atoms. The van der Waals surface area contributed by atoms with Gasteiger partial charge in [0.15, 0.2) is 0 Å². The summed E-state index contributed by atoms with van der Waals surface area (Å²) in [6.07, 6.45) is 0. The number of aliphatic carboxylic acids is 1. The highest BCUT2D eigenvalue weighted by Crippen LogP contribution is 2.30. The van der Waals surface area contributed by atoms with Crippen molar-refractivity contribution in [2.45, 2.75) is 0 Å². The van der Waals surface area contributed by atoms with Crippen molar-refractivity contribution in [2.24, 2.45) is 0 Å². The molecule has 0 saturated carbocycles. The van der Waals surface area contributed by atoms with Crippen molar-refractivity contribution in [3.63, 3.8) is 0 Å². The fraction of sp³-hybridized carbons (Fsp3) is 0.125. The van der Waals surface area contributed by atoms with E-state index in [1.165, 1.54) is 0 Å². The lowest BCUT2D eigenvalue weighted by molar-refractivity contribution is -0.384. The van der Waals surface area contributed by atoms with Gasteiger partial charge in [-0.3, -0.25) is 14.9 Å². The van der Waals surface area contributed by atoms with Crippen molar-refractivity contribution < 1.29 is 19.2 Å². The Morgan fingerprint density at radius 1 is 1.62 bits per heavy atom. The first-order chi connectivity index (χ1) is 7.41. The van der Waals surface area contributed by atoms with Crippen LogP contribution in [0.5, 0.6) is 0 Å². The molecule has 16 heavy (non-hydrogen) atoms. The number of benzene rings is 1. The lowest BCUT2D eigenvalue weighted by Gasteiger charge is -2.05. The molecule has 0 aliphatic rings. The number of anilines is 1. The van der Waals surface area contributed by atoms with Crippen LogP contribution < -0.4 is 5.32 Å². The van der Waals surface area contributed by atoms with Crippen molar-refractivity contribution in [3.05, 3.63) is 32.5 Å². The molecule has 0 aliphatic carbocycles. The average molecular weight is 293 g/mol. The molecule has 6 nitrogen and oxygen atoms in total. The van der Waals surface area contributed by atoms with Crippen LogP contribution >= 0.6 is 15.9 Å². The number of nitro benzene ring substituents is 1. The van der Waals surface area contributed by atoms with Gasteiger partial charge in [0.05, 0.1) is 15.5 Å². The van der Waals surface area contributed by atoms with Gasteiger partial charge in [0, 0.05) is 0 Å². The summed E-state index contributed by atoms with van der Waals surface area (Å²) in [6.45, 7) is -0.487. The molecule has 0 atom stereocenters. The molecule has 86 valence electrons. The maximum atomic E-state index is 13.0. The maximum absolute atomic E-state index is 13.0. The second kappa shape index (κ2) is 4.88. The quantitative estimate of drug-likeness (QED) is 0.654.